The minimum atomic E-state index is -0.297. The minimum absolute atomic E-state index is 0.0826. The Balaban J connectivity index is 1.93. The first kappa shape index (κ1) is 17.6. The van der Waals surface area contributed by atoms with Gasteiger partial charge in [0.2, 0.25) is 0 Å². The van der Waals surface area contributed by atoms with Crippen LogP contribution in [0.3, 0.4) is 0 Å². The molecule has 3 nitrogen and oxygen atoms in total. The van der Waals surface area contributed by atoms with Crippen LogP contribution in [0.15, 0.2) is 42.5 Å². The highest BCUT2D eigenvalue weighted by atomic mass is 35.5. The summed E-state index contributed by atoms with van der Waals surface area (Å²) in [6, 6.07) is 12.6. The van der Waals surface area contributed by atoms with Gasteiger partial charge in [-0.1, -0.05) is 56.1 Å². The molecule has 2 aromatic rings. The molecule has 0 unspecified atom stereocenters. The van der Waals surface area contributed by atoms with Gasteiger partial charge in [0.25, 0.3) is 5.91 Å². The summed E-state index contributed by atoms with van der Waals surface area (Å²) in [5.41, 5.74) is 1.76. The van der Waals surface area contributed by atoms with Gasteiger partial charge in [-0.05, 0) is 41.3 Å². The molecule has 0 heterocycles. The summed E-state index contributed by atoms with van der Waals surface area (Å²) in [7, 11) is 0. The molecule has 23 heavy (non-hydrogen) atoms. The molecule has 2 rings (SSSR count). The van der Waals surface area contributed by atoms with Gasteiger partial charge in [-0.25, -0.2) is 0 Å². The molecule has 0 fully saturated rings. The molecule has 0 saturated heterocycles. The first-order chi connectivity index (χ1) is 10.8. The quantitative estimate of drug-likeness (QED) is 0.810. The van der Waals surface area contributed by atoms with Gasteiger partial charge in [0.15, 0.2) is 6.61 Å². The standard InChI is InChI=1S/C18H19Cl2NO2/c1-18(2,3)12-4-7-14(8-5-12)23-11-17(22)21-16-10-13(19)6-9-15(16)20/h4-10H,11H2,1-3H3,(H,21,22). The Bertz CT molecular complexity index is 691. The van der Waals surface area contributed by atoms with Crippen molar-refractivity contribution < 1.29 is 9.53 Å². The lowest BCUT2D eigenvalue weighted by Crippen LogP contribution is -2.20. The third-order valence-electron chi connectivity index (χ3n) is 3.29. The first-order valence-corrected chi connectivity index (χ1v) is 7.99. The average molecular weight is 352 g/mol. The van der Waals surface area contributed by atoms with E-state index in [9.17, 15) is 4.79 Å². The van der Waals surface area contributed by atoms with Crippen molar-refractivity contribution in [2.45, 2.75) is 26.2 Å². The second-order valence-corrected chi connectivity index (χ2v) is 7.08. The maximum absolute atomic E-state index is 11.9. The lowest BCUT2D eigenvalue weighted by Gasteiger charge is -2.19. The molecule has 0 aliphatic heterocycles. The number of benzene rings is 2. The van der Waals surface area contributed by atoms with Crippen LogP contribution in [0.4, 0.5) is 5.69 Å². The number of hydrogen-bond donors (Lipinski definition) is 1. The maximum atomic E-state index is 11.9. The lowest BCUT2D eigenvalue weighted by atomic mass is 9.87. The summed E-state index contributed by atoms with van der Waals surface area (Å²) >= 11 is 11.9. The van der Waals surface area contributed by atoms with Gasteiger partial charge in [0.1, 0.15) is 5.75 Å². The second-order valence-electron chi connectivity index (χ2n) is 6.24. The van der Waals surface area contributed by atoms with Crippen LogP contribution in [-0.4, -0.2) is 12.5 Å². The molecular weight excluding hydrogens is 333 g/mol. The Kier molecular flexibility index (Phi) is 5.55. The molecule has 5 heteroatoms. The average Bonchev–Trinajstić information content (AvgIpc) is 2.48. The lowest BCUT2D eigenvalue weighted by molar-refractivity contribution is -0.118. The van der Waals surface area contributed by atoms with Crippen LogP contribution in [0.1, 0.15) is 26.3 Å². The third kappa shape index (κ3) is 5.15. The summed E-state index contributed by atoms with van der Waals surface area (Å²) in [5.74, 6) is 0.347. The largest absolute Gasteiger partial charge is 0.484 e. The van der Waals surface area contributed by atoms with Gasteiger partial charge in [-0.3, -0.25) is 4.79 Å². The van der Waals surface area contributed by atoms with Gasteiger partial charge < -0.3 is 10.1 Å². The normalized spacial score (nSPS) is 11.2. The van der Waals surface area contributed by atoms with Crippen molar-refractivity contribution in [2.24, 2.45) is 0 Å². The molecule has 0 aromatic heterocycles. The molecule has 0 saturated carbocycles. The number of amides is 1. The van der Waals surface area contributed by atoms with Crippen LogP contribution < -0.4 is 10.1 Å². The van der Waals surface area contributed by atoms with Crippen molar-refractivity contribution >= 4 is 34.8 Å². The van der Waals surface area contributed by atoms with Crippen molar-refractivity contribution in [1.82, 2.24) is 0 Å². The Labute approximate surface area is 146 Å². The van der Waals surface area contributed by atoms with Crippen LogP contribution in [0, 0.1) is 0 Å². The molecule has 0 radical (unpaired) electrons. The van der Waals surface area contributed by atoms with Crippen LogP contribution in [-0.2, 0) is 10.2 Å². The summed E-state index contributed by atoms with van der Waals surface area (Å²) < 4.78 is 5.49. The Morgan fingerprint density at radius 3 is 2.35 bits per heavy atom. The highest BCUT2D eigenvalue weighted by Crippen LogP contribution is 2.26. The predicted molar refractivity (Wildman–Crippen MR) is 95.7 cm³/mol. The molecule has 0 bridgehead atoms. The van der Waals surface area contributed by atoms with Gasteiger partial charge in [0, 0.05) is 5.02 Å². The van der Waals surface area contributed by atoms with E-state index in [1.165, 1.54) is 5.56 Å². The van der Waals surface area contributed by atoms with Crippen molar-refractivity contribution in [3.63, 3.8) is 0 Å². The van der Waals surface area contributed by atoms with Crippen molar-refractivity contribution in [1.29, 1.82) is 0 Å². The predicted octanol–water partition coefficient (Wildman–Crippen LogP) is 5.31. The zero-order valence-corrected chi connectivity index (χ0v) is 14.8. The van der Waals surface area contributed by atoms with Gasteiger partial charge in [-0.15, -0.1) is 0 Å². The van der Waals surface area contributed by atoms with Crippen LogP contribution >= 0.6 is 23.2 Å². The van der Waals surface area contributed by atoms with E-state index in [0.717, 1.165) is 0 Å². The Hall–Kier alpha value is -1.71. The third-order valence-corrected chi connectivity index (χ3v) is 3.86. The van der Waals surface area contributed by atoms with E-state index in [2.05, 4.69) is 26.1 Å². The van der Waals surface area contributed by atoms with Gasteiger partial charge in [-0.2, -0.15) is 0 Å². The van der Waals surface area contributed by atoms with Crippen LogP contribution in [0.2, 0.25) is 10.0 Å². The fourth-order valence-corrected chi connectivity index (χ4v) is 2.32. The summed E-state index contributed by atoms with van der Waals surface area (Å²) in [4.78, 5) is 11.9. The highest BCUT2D eigenvalue weighted by Gasteiger charge is 2.13. The molecule has 1 N–H and O–H groups in total. The number of hydrogen-bond acceptors (Lipinski definition) is 2. The monoisotopic (exact) mass is 351 g/mol. The van der Waals surface area contributed by atoms with Gasteiger partial charge in [0.05, 0.1) is 10.7 Å². The van der Waals surface area contributed by atoms with E-state index >= 15 is 0 Å². The number of carbonyl (C=O) groups is 1. The molecular formula is C18H19Cl2NO2. The molecule has 1 amide bonds. The topological polar surface area (TPSA) is 38.3 Å². The maximum Gasteiger partial charge on any atom is 0.262 e. The molecule has 0 aliphatic carbocycles. The Morgan fingerprint density at radius 2 is 1.74 bits per heavy atom. The Morgan fingerprint density at radius 1 is 1.09 bits per heavy atom. The summed E-state index contributed by atoms with van der Waals surface area (Å²) in [6.45, 7) is 6.33. The number of halogens is 2. The van der Waals surface area contributed by atoms with Crippen molar-refractivity contribution in [3.8, 4) is 5.75 Å². The fourth-order valence-electron chi connectivity index (χ4n) is 1.98. The van der Waals surface area contributed by atoms with Crippen molar-refractivity contribution in [3.05, 3.63) is 58.1 Å². The minimum Gasteiger partial charge on any atom is -0.484 e. The molecule has 122 valence electrons. The van der Waals surface area contributed by atoms with Crippen LogP contribution in [0.5, 0.6) is 5.75 Å². The summed E-state index contributed by atoms with van der Waals surface area (Å²) in [6.07, 6.45) is 0. The fraction of sp³-hybridized carbons (Fsp3) is 0.278. The second kappa shape index (κ2) is 7.24. The zero-order chi connectivity index (χ0) is 17.0. The SMILES string of the molecule is CC(C)(C)c1ccc(OCC(=O)Nc2cc(Cl)ccc2Cl)cc1. The number of carbonyl (C=O) groups excluding carboxylic acids is 1. The van der Waals surface area contributed by atoms with Crippen LogP contribution in [0.25, 0.3) is 0 Å². The van der Waals surface area contributed by atoms with E-state index in [0.29, 0.717) is 21.5 Å². The number of anilines is 1. The number of nitrogens with one attached hydrogen (secondary N) is 1. The highest BCUT2D eigenvalue weighted by molar-refractivity contribution is 6.35. The van der Waals surface area contributed by atoms with E-state index in [-0.39, 0.29) is 17.9 Å². The smallest absolute Gasteiger partial charge is 0.262 e. The molecule has 0 aliphatic rings. The zero-order valence-electron chi connectivity index (χ0n) is 13.3. The molecule has 2 aromatic carbocycles. The van der Waals surface area contributed by atoms with E-state index in [1.54, 1.807) is 18.2 Å². The van der Waals surface area contributed by atoms with Crippen molar-refractivity contribution in [2.75, 3.05) is 11.9 Å². The van der Waals surface area contributed by atoms with Gasteiger partial charge >= 0.3 is 0 Å². The van der Waals surface area contributed by atoms with E-state index < -0.39 is 0 Å². The number of rotatable bonds is 4. The summed E-state index contributed by atoms with van der Waals surface area (Å²) in [5, 5.41) is 3.61. The van der Waals surface area contributed by atoms with E-state index in [4.69, 9.17) is 27.9 Å². The first-order valence-electron chi connectivity index (χ1n) is 7.24. The number of ether oxygens (including phenoxy) is 1. The van der Waals surface area contributed by atoms with E-state index in [1.807, 2.05) is 24.3 Å². The molecule has 0 atom stereocenters. The molecule has 0 spiro atoms.